The molecule has 0 saturated carbocycles. The van der Waals surface area contributed by atoms with E-state index in [1.54, 1.807) is 0 Å². The van der Waals surface area contributed by atoms with Gasteiger partial charge in [-0.25, -0.2) is 15.0 Å². The number of nitrogens with zero attached hydrogens (tertiary/aromatic N) is 5. The third-order valence-corrected chi connectivity index (χ3v) is 3.46. The topological polar surface area (TPSA) is 66.8 Å². The molecule has 1 fully saturated rings. The Morgan fingerprint density at radius 1 is 1.25 bits per heavy atom. The highest BCUT2D eigenvalue weighted by atomic mass is 15.2. The van der Waals surface area contributed by atoms with Crippen molar-refractivity contribution in [2.75, 3.05) is 18.4 Å². The summed E-state index contributed by atoms with van der Waals surface area (Å²) in [5.41, 5.74) is 1.26. The van der Waals surface area contributed by atoms with Crippen molar-refractivity contribution < 1.29 is 0 Å². The van der Waals surface area contributed by atoms with Crippen LogP contribution in [0.1, 0.15) is 18.4 Å². The molecule has 0 amide bonds. The summed E-state index contributed by atoms with van der Waals surface area (Å²) in [7, 11) is 0. The van der Waals surface area contributed by atoms with Crippen molar-refractivity contribution in [2.24, 2.45) is 0 Å². The molecule has 3 rings (SSSR count). The Morgan fingerprint density at radius 3 is 2.95 bits per heavy atom. The molecular weight excluding hydrogens is 252 g/mol. The van der Waals surface area contributed by atoms with Crippen LogP contribution in [0.2, 0.25) is 0 Å². The number of rotatable bonds is 4. The zero-order chi connectivity index (χ0) is 13.6. The molecule has 0 spiro atoms. The molecule has 1 unspecified atom stereocenters. The first-order valence-electron chi connectivity index (χ1n) is 6.90. The molecule has 2 aromatic heterocycles. The molecule has 6 nitrogen and oxygen atoms in total. The first-order chi connectivity index (χ1) is 9.90. The van der Waals surface area contributed by atoms with Gasteiger partial charge in [0.15, 0.2) is 0 Å². The van der Waals surface area contributed by atoms with Crippen LogP contribution in [-0.2, 0) is 6.54 Å². The molecule has 0 aromatic carbocycles. The van der Waals surface area contributed by atoms with Gasteiger partial charge in [0.05, 0.1) is 0 Å². The molecule has 20 heavy (non-hydrogen) atoms. The lowest BCUT2D eigenvalue weighted by atomic mass is 10.1. The second kappa shape index (κ2) is 6.38. The second-order valence-corrected chi connectivity index (χ2v) is 5.04. The van der Waals surface area contributed by atoms with E-state index in [4.69, 9.17) is 0 Å². The number of anilines is 1. The van der Waals surface area contributed by atoms with E-state index in [0.717, 1.165) is 26.1 Å². The summed E-state index contributed by atoms with van der Waals surface area (Å²) in [4.78, 5) is 18.7. The van der Waals surface area contributed by atoms with E-state index in [0.29, 0.717) is 12.0 Å². The molecule has 6 heteroatoms. The Kier molecular flexibility index (Phi) is 4.13. The summed E-state index contributed by atoms with van der Waals surface area (Å²) in [6.07, 6.45) is 9.11. The highest BCUT2D eigenvalue weighted by molar-refractivity contribution is 5.23. The fourth-order valence-corrected chi connectivity index (χ4v) is 2.56. The first kappa shape index (κ1) is 12.9. The number of pyridine rings is 1. The average Bonchev–Trinajstić information content (AvgIpc) is 2.50. The van der Waals surface area contributed by atoms with Gasteiger partial charge in [-0.2, -0.15) is 0 Å². The zero-order valence-corrected chi connectivity index (χ0v) is 11.3. The van der Waals surface area contributed by atoms with E-state index in [1.807, 2.05) is 18.5 Å². The van der Waals surface area contributed by atoms with E-state index in [-0.39, 0.29) is 0 Å². The summed E-state index contributed by atoms with van der Waals surface area (Å²) in [6.45, 7) is 3.08. The molecule has 0 radical (unpaired) electrons. The van der Waals surface area contributed by atoms with Crippen molar-refractivity contribution in [1.82, 2.24) is 24.8 Å². The zero-order valence-electron chi connectivity index (χ0n) is 11.3. The van der Waals surface area contributed by atoms with Gasteiger partial charge < -0.3 is 5.32 Å². The number of nitrogens with one attached hydrogen (secondary N) is 1. The number of likely N-dealkylation sites (tertiary alicyclic amines) is 1. The van der Waals surface area contributed by atoms with Crippen LogP contribution in [0.3, 0.4) is 0 Å². The Hall–Kier alpha value is -2.08. The van der Waals surface area contributed by atoms with Crippen molar-refractivity contribution in [3.8, 4) is 0 Å². The molecular formula is C14H18N6. The van der Waals surface area contributed by atoms with Crippen LogP contribution < -0.4 is 5.32 Å². The maximum atomic E-state index is 4.17. The average molecular weight is 270 g/mol. The minimum Gasteiger partial charge on any atom is -0.350 e. The minimum absolute atomic E-state index is 0.392. The van der Waals surface area contributed by atoms with Crippen molar-refractivity contribution in [1.29, 1.82) is 0 Å². The van der Waals surface area contributed by atoms with Gasteiger partial charge in [-0.05, 0) is 31.0 Å². The van der Waals surface area contributed by atoms with Gasteiger partial charge in [0.1, 0.15) is 12.7 Å². The standard InChI is InChI=1S/C14H18N6/c1-3-12(7-15-5-1)8-20-6-2-4-13(9-20)19-14-17-10-16-11-18-14/h1,3,5,7,10-11,13H,2,4,6,8-9H2,(H,16,17,18,19). The molecule has 2 aromatic rings. The van der Waals surface area contributed by atoms with E-state index in [2.05, 4.69) is 36.2 Å². The number of hydrogen-bond acceptors (Lipinski definition) is 6. The molecule has 1 N–H and O–H groups in total. The van der Waals surface area contributed by atoms with E-state index in [1.165, 1.54) is 24.6 Å². The summed E-state index contributed by atoms with van der Waals surface area (Å²) in [5, 5.41) is 3.38. The van der Waals surface area contributed by atoms with Crippen molar-refractivity contribution in [2.45, 2.75) is 25.4 Å². The van der Waals surface area contributed by atoms with Crippen LogP contribution in [0, 0.1) is 0 Å². The molecule has 1 atom stereocenters. The predicted molar refractivity (Wildman–Crippen MR) is 76.0 cm³/mol. The van der Waals surface area contributed by atoms with Gasteiger partial charge in [-0.15, -0.1) is 0 Å². The minimum atomic E-state index is 0.392. The molecule has 1 aliphatic heterocycles. The summed E-state index contributed by atoms with van der Waals surface area (Å²) in [6, 6.07) is 4.50. The van der Waals surface area contributed by atoms with Crippen LogP contribution in [-0.4, -0.2) is 44.0 Å². The largest absolute Gasteiger partial charge is 0.350 e. The van der Waals surface area contributed by atoms with Crippen LogP contribution in [0.25, 0.3) is 0 Å². The Morgan fingerprint density at radius 2 is 2.15 bits per heavy atom. The number of piperidine rings is 1. The predicted octanol–water partition coefficient (Wildman–Crippen LogP) is 1.34. The summed E-state index contributed by atoms with van der Waals surface area (Å²) >= 11 is 0. The van der Waals surface area contributed by atoms with Crippen molar-refractivity contribution >= 4 is 5.95 Å². The van der Waals surface area contributed by atoms with E-state index >= 15 is 0 Å². The Labute approximate surface area is 118 Å². The molecule has 1 aliphatic rings. The summed E-state index contributed by atoms with van der Waals surface area (Å²) < 4.78 is 0. The maximum absolute atomic E-state index is 4.17. The molecule has 1 saturated heterocycles. The monoisotopic (exact) mass is 270 g/mol. The normalized spacial score (nSPS) is 19.7. The van der Waals surface area contributed by atoms with Gasteiger partial charge in [-0.1, -0.05) is 6.07 Å². The fraction of sp³-hybridized carbons (Fsp3) is 0.429. The lowest BCUT2D eigenvalue weighted by molar-refractivity contribution is 0.208. The van der Waals surface area contributed by atoms with Crippen molar-refractivity contribution in [3.05, 3.63) is 42.7 Å². The van der Waals surface area contributed by atoms with E-state index < -0.39 is 0 Å². The van der Waals surface area contributed by atoms with Gasteiger partial charge in [0.2, 0.25) is 5.95 Å². The van der Waals surface area contributed by atoms with Crippen LogP contribution in [0.5, 0.6) is 0 Å². The third kappa shape index (κ3) is 3.48. The quantitative estimate of drug-likeness (QED) is 0.904. The van der Waals surface area contributed by atoms with Gasteiger partial charge in [0.25, 0.3) is 0 Å². The lowest BCUT2D eigenvalue weighted by Gasteiger charge is -2.33. The highest BCUT2D eigenvalue weighted by Crippen LogP contribution is 2.15. The van der Waals surface area contributed by atoms with Crippen LogP contribution >= 0.6 is 0 Å². The SMILES string of the molecule is c1cncc(CN2CCCC(Nc3ncncn3)C2)c1. The van der Waals surface area contributed by atoms with Crippen LogP contribution in [0.4, 0.5) is 5.95 Å². The van der Waals surface area contributed by atoms with Crippen LogP contribution in [0.15, 0.2) is 37.2 Å². The lowest BCUT2D eigenvalue weighted by Crippen LogP contribution is -2.41. The van der Waals surface area contributed by atoms with Gasteiger partial charge >= 0.3 is 0 Å². The highest BCUT2D eigenvalue weighted by Gasteiger charge is 2.20. The van der Waals surface area contributed by atoms with Crippen molar-refractivity contribution in [3.63, 3.8) is 0 Å². The molecule has 104 valence electrons. The number of aromatic nitrogens is 4. The maximum Gasteiger partial charge on any atom is 0.225 e. The van der Waals surface area contributed by atoms with Gasteiger partial charge in [-0.3, -0.25) is 9.88 Å². The Bertz CT molecular complexity index is 470. The summed E-state index contributed by atoms with van der Waals surface area (Å²) in [5.74, 6) is 0.660. The molecule has 3 heterocycles. The van der Waals surface area contributed by atoms with Gasteiger partial charge in [0, 0.05) is 31.5 Å². The first-order valence-corrected chi connectivity index (χ1v) is 6.90. The Balaban J connectivity index is 1.57. The smallest absolute Gasteiger partial charge is 0.225 e. The number of hydrogen-bond donors (Lipinski definition) is 1. The fourth-order valence-electron chi connectivity index (χ4n) is 2.56. The third-order valence-electron chi connectivity index (χ3n) is 3.46. The second-order valence-electron chi connectivity index (χ2n) is 5.04. The molecule has 0 bridgehead atoms. The van der Waals surface area contributed by atoms with E-state index in [9.17, 15) is 0 Å². The molecule has 0 aliphatic carbocycles.